The number of rotatable bonds is 4. The molecule has 0 unspecified atom stereocenters. The van der Waals surface area contributed by atoms with Crippen LogP contribution in [0.5, 0.6) is 0 Å². The summed E-state index contributed by atoms with van der Waals surface area (Å²) >= 11 is 7.28. The standard InChI is InChI=1S/C6H13NO2S2.Cd/c1-2-3-4-5-9-6(8)7(10)11;/h10-11H,2-5H2,1H3;. The fourth-order valence-corrected chi connectivity index (χ4v) is 0.685. The Labute approximate surface area is 104 Å². The van der Waals surface area contributed by atoms with Gasteiger partial charge in [-0.3, -0.25) is 0 Å². The zero-order valence-corrected chi connectivity index (χ0v) is 13.0. The van der Waals surface area contributed by atoms with Crippen molar-refractivity contribution in [2.24, 2.45) is 0 Å². The van der Waals surface area contributed by atoms with E-state index in [1.807, 2.05) is 0 Å². The van der Waals surface area contributed by atoms with E-state index in [4.69, 9.17) is 4.74 Å². The minimum atomic E-state index is -0.521. The second-order valence-electron chi connectivity index (χ2n) is 2.11. The Hall–Kier alpha value is 0.892. The van der Waals surface area contributed by atoms with Crippen LogP contribution < -0.4 is 0 Å². The molecule has 1 amide bonds. The van der Waals surface area contributed by atoms with Gasteiger partial charge in [0.2, 0.25) is 0 Å². The SMILES string of the molecule is CCCCCOC(=O)N(S)S.[Cd]. The molecule has 0 fully saturated rings. The normalized spacial score (nSPS) is 8.58. The number of ether oxygens (including phenoxy) is 1. The molecular weight excluding hydrogens is 295 g/mol. The van der Waals surface area contributed by atoms with Crippen molar-refractivity contribution < 1.29 is 36.8 Å². The van der Waals surface area contributed by atoms with E-state index >= 15 is 0 Å². The summed E-state index contributed by atoms with van der Waals surface area (Å²) in [6.45, 7) is 2.54. The van der Waals surface area contributed by atoms with Crippen LogP contribution in [-0.4, -0.2) is 16.4 Å². The van der Waals surface area contributed by atoms with Crippen molar-refractivity contribution in [1.82, 2.24) is 3.71 Å². The molecule has 0 spiro atoms. The predicted octanol–water partition coefficient (Wildman–Crippen LogP) is 2.30. The number of hydrogen-bond donors (Lipinski definition) is 2. The first-order valence-electron chi connectivity index (χ1n) is 3.53. The quantitative estimate of drug-likeness (QED) is 0.474. The molecule has 0 atom stereocenters. The Balaban J connectivity index is 0. The molecule has 0 saturated heterocycles. The molecule has 0 aliphatic heterocycles. The second-order valence-corrected chi connectivity index (χ2v) is 3.23. The Kier molecular flexibility index (Phi) is 12.8. The average molecular weight is 308 g/mol. The summed E-state index contributed by atoms with van der Waals surface area (Å²) in [5, 5.41) is 0. The Morgan fingerprint density at radius 1 is 1.42 bits per heavy atom. The largest absolute Gasteiger partial charge is 0.448 e. The van der Waals surface area contributed by atoms with Gasteiger partial charge in [0.15, 0.2) is 0 Å². The Bertz CT molecular complexity index is 124. The van der Waals surface area contributed by atoms with Crippen LogP contribution in [0.4, 0.5) is 4.79 Å². The van der Waals surface area contributed by atoms with E-state index in [0.717, 1.165) is 23.0 Å². The van der Waals surface area contributed by atoms with Crippen LogP contribution in [0.25, 0.3) is 0 Å². The molecule has 0 radical (unpaired) electrons. The maximum absolute atomic E-state index is 10.7. The number of unbranched alkanes of at least 4 members (excludes halogenated alkanes) is 2. The van der Waals surface area contributed by atoms with Gasteiger partial charge in [-0.1, -0.05) is 19.8 Å². The number of hydrogen-bond acceptors (Lipinski definition) is 4. The van der Waals surface area contributed by atoms with E-state index in [2.05, 4.69) is 32.6 Å². The van der Waals surface area contributed by atoms with Crippen molar-refractivity contribution in [3.8, 4) is 0 Å². The van der Waals surface area contributed by atoms with E-state index < -0.39 is 6.09 Å². The monoisotopic (exact) mass is 309 g/mol. The third kappa shape index (κ3) is 8.98. The molecule has 0 saturated carbocycles. The summed E-state index contributed by atoms with van der Waals surface area (Å²) in [4.78, 5) is 10.7. The van der Waals surface area contributed by atoms with Crippen LogP contribution in [0.3, 0.4) is 0 Å². The van der Waals surface area contributed by atoms with Crippen molar-refractivity contribution in [3.63, 3.8) is 0 Å². The number of carbonyl (C=O) groups is 1. The fraction of sp³-hybridized carbons (Fsp3) is 0.833. The molecule has 0 heterocycles. The van der Waals surface area contributed by atoms with Gasteiger partial charge in [0, 0.05) is 27.3 Å². The van der Waals surface area contributed by atoms with Gasteiger partial charge in [0.05, 0.1) is 6.61 Å². The van der Waals surface area contributed by atoms with Gasteiger partial charge in [-0.05, 0) is 32.1 Å². The van der Waals surface area contributed by atoms with Crippen LogP contribution in [-0.2, 0) is 32.0 Å². The third-order valence-electron chi connectivity index (χ3n) is 1.14. The van der Waals surface area contributed by atoms with E-state index in [9.17, 15) is 4.79 Å². The summed E-state index contributed by atoms with van der Waals surface area (Å²) in [5.74, 6) is 0. The zero-order valence-electron chi connectivity index (χ0n) is 7.19. The predicted molar refractivity (Wildman–Crippen MR) is 50.7 cm³/mol. The second kappa shape index (κ2) is 9.98. The van der Waals surface area contributed by atoms with E-state index in [-0.39, 0.29) is 27.3 Å². The van der Waals surface area contributed by atoms with E-state index in [1.54, 1.807) is 0 Å². The van der Waals surface area contributed by atoms with Crippen molar-refractivity contribution in [1.29, 1.82) is 0 Å². The van der Waals surface area contributed by atoms with Crippen LogP contribution >= 0.6 is 25.6 Å². The van der Waals surface area contributed by atoms with Crippen LogP contribution in [0.1, 0.15) is 26.2 Å². The number of thiol groups is 2. The van der Waals surface area contributed by atoms with Crippen molar-refractivity contribution in [3.05, 3.63) is 0 Å². The van der Waals surface area contributed by atoms with Gasteiger partial charge >= 0.3 is 6.09 Å². The van der Waals surface area contributed by atoms with Gasteiger partial charge in [-0.15, -0.1) is 0 Å². The molecule has 6 heteroatoms. The van der Waals surface area contributed by atoms with Crippen LogP contribution in [0.2, 0.25) is 0 Å². The van der Waals surface area contributed by atoms with Crippen molar-refractivity contribution in [2.75, 3.05) is 6.61 Å². The summed E-state index contributed by atoms with van der Waals surface area (Å²) < 4.78 is 5.57. The third-order valence-corrected chi connectivity index (χ3v) is 1.46. The molecule has 0 bridgehead atoms. The summed E-state index contributed by atoms with van der Waals surface area (Å²) in [6.07, 6.45) is 2.57. The minimum Gasteiger partial charge on any atom is -0.448 e. The molecule has 12 heavy (non-hydrogen) atoms. The summed E-state index contributed by atoms with van der Waals surface area (Å²) in [7, 11) is 0. The maximum Gasteiger partial charge on any atom is 0.429 e. The molecule has 3 nitrogen and oxygen atoms in total. The Morgan fingerprint density at radius 3 is 2.42 bits per heavy atom. The van der Waals surface area contributed by atoms with E-state index in [1.165, 1.54) is 0 Å². The number of amides is 1. The van der Waals surface area contributed by atoms with Gasteiger partial charge in [-0.2, -0.15) is 3.71 Å². The number of carbonyl (C=O) groups excluding carboxylic acids is 1. The number of nitrogens with zero attached hydrogens (tertiary/aromatic N) is 1. The van der Waals surface area contributed by atoms with Crippen LogP contribution in [0.15, 0.2) is 0 Å². The first-order chi connectivity index (χ1) is 5.18. The molecule has 0 aliphatic carbocycles. The molecule has 0 aromatic heterocycles. The molecule has 0 aliphatic rings. The fourth-order valence-electron chi connectivity index (χ4n) is 0.569. The molecule has 0 aromatic carbocycles. The van der Waals surface area contributed by atoms with Gasteiger partial charge < -0.3 is 4.74 Å². The van der Waals surface area contributed by atoms with Crippen molar-refractivity contribution >= 4 is 31.7 Å². The maximum atomic E-state index is 10.7. The molecular formula is C6H13CdNO2S2. The average Bonchev–Trinajstić information content (AvgIpc) is 1.97. The summed E-state index contributed by atoms with van der Waals surface area (Å²) in [6, 6.07) is 0. The van der Waals surface area contributed by atoms with Crippen LogP contribution in [0, 0.1) is 0 Å². The smallest absolute Gasteiger partial charge is 0.429 e. The first-order valence-corrected chi connectivity index (χ1v) is 4.33. The Morgan fingerprint density at radius 2 is 2.00 bits per heavy atom. The molecule has 0 aromatic rings. The van der Waals surface area contributed by atoms with Gasteiger partial charge in [0.1, 0.15) is 0 Å². The summed E-state index contributed by atoms with van der Waals surface area (Å²) in [5.41, 5.74) is 0. The van der Waals surface area contributed by atoms with Gasteiger partial charge in [0.25, 0.3) is 0 Å². The zero-order chi connectivity index (χ0) is 8.69. The van der Waals surface area contributed by atoms with E-state index in [0.29, 0.717) is 6.61 Å². The van der Waals surface area contributed by atoms with Gasteiger partial charge in [-0.25, -0.2) is 4.79 Å². The molecule has 68 valence electrons. The van der Waals surface area contributed by atoms with Crippen molar-refractivity contribution in [2.45, 2.75) is 26.2 Å². The first kappa shape index (κ1) is 15.4. The molecule has 0 N–H and O–H groups in total. The molecule has 0 rings (SSSR count). The minimum absolute atomic E-state index is 0. The topological polar surface area (TPSA) is 29.5 Å².